The molecule has 0 radical (unpaired) electrons. The summed E-state index contributed by atoms with van der Waals surface area (Å²) in [4.78, 5) is 8.96. The first-order valence-electron chi connectivity index (χ1n) is 9.49. The van der Waals surface area contributed by atoms with Gasteiger partial charge in [0.05, 0.1) is 5.56 Å². The molecule has 0 spiro atoms. The number of pyridine rings is 1. The third kappa shape index (κ3) is 4.01. The summed E-state index contributed by atoms with van der Waals surface area (Å²) in [7, 11) is 0. The Bertz CT molecular complexity index is 873. The number of nitrogens with zero attached hydrogens (tertiary/aromatic N) is 3. The molecule has 1 fully saturated rings. The van der Waals surface area contributed by atoms with Crippen molar-refractivity contribution in [2.75, 3.05) is 6.54 Å². The Morgan fingerprint density at radius 3 is 2.63 bits per heavy atom. The van der Waals surface area contributed by atoms with E-state index in [2.05, 4.69) is 15.1 Å². The summed E-state index contributed by atoms with van der Waals surface area (Å²) in [6, 6.07) is 13.3. The summed E-state index contributed by atoms with van der Waals surface area (Å²) >= 11 is 0. The third-order valence-corrected chi connectivity index (χ3v) is 5.31. The van der Waals surface area contributed by atoms with Gasteiger partial charge in [0.25, 0.3) is 0 Å². The Labute approximate surface area is 158 Å². The van der Waals surface area contributed by atoms with Crippen molar-refractivity contribution in [3.05, 3.63) is 54.6 Å². The fraction of sp³-hybridized carbons (Fsp3) is 0.381. The number of para-hydroxylation sites is 1. The molecule has 1 aliphatic carbocycles. The summed E-state index contributed by atoms with van der Waals surface area (Å²) in [6.45, 7) is 0.653. The quantitative estimate of drug-likeness (QED) is 0.698. The van der Waals surface area contributed by atoms with E-state index in [1.807, 2.05) is 42.5 Å². The molecule has 0 saturated heterocycles. The van der Waals surface area contributed by atoms with E-state index in [1.165, 1.54) is 19.3 Å². The van der Waals surface area contributed by atoms with E-state index in [0.717, 1.165) is 19.3 Å². The lowest BCUT2D eigenvalue weighted by Crippen LogP contribution is -2.35. The first-order valence-corrected chi connectivity index (χ1v) is 9.49. The zero-order chi connectivity index (χ0) is 18.5. The molecular formula is C21H24N4O2. The molecule has 0 atom stereocenters. The molecule has 0 unspecified atom stereocenters. The molecule has 2 heterocycles. The van der Waals surface area contributed by atoms with Gasteiger partial charge in [-0.05, 0) is 49.1 Å². The van der Waals surface area contributed by atoms with Crippen molar-refractivity contribution in [1.82, 2.24) is 15.1 Å². The second-order valence-electron chi connectivity index (χ2n) is 7.22. The lowest BCUT2D eigenvalue weighted by Gasteiger charge is -2.34. The van der Waals surface area contributed by atoms with Gasteiger partial charge in [0.2, 0.25) is 17.6 Å². The third-order valence-electron chi connectivity index (χ3n) is 5.31. The average molecular weight is 364 g/mol. The molecule has 1 aliphatic rings. The Kier molecular flexibility index (Phi) is 5.16. The van der Waals surface area contributed by atoms with E-state index in [4.69, 9.17) is 15.0 Å². The van der Waals surface area contributed by atoms with Gasteiger partial charge in [-0.2, -0.15) is 4.98 Å². The maximum Gasteiger partial charge on any atom is 0.230 e. The molecule has 27 heavy (non-hydrogen) atoms. The lowest BCUT2D eigenvalue weighted by molar-refractivity contribution is 0.177. The predicted octanol–water partition coefficient (Wildman–Crippen LogP) is 4.38. The Morgan fingerprint density at radius 2 is 1.85 bits per heavy atom. The molecule has 6 heteroatoms. The highest BCUT2D eigenvalue weighted by Gasteiger charge is 2.33. The zero-order valence-corrected chi connectivity index (χ0v) is 15.3. The standard InChI is InChI=1S/C21H24N4O2/c22-15-21(11-5-2-6-12-21)14-18-24-19(25-27-18)17-10-7-13-23-20(17)26-16-8-3-1-4-9-16/h1,3-4,7-10,13H,2,5-6,11-12,14-15,22H2. The van der Waals surface area contributed by atoms with Crippen LogP contribution in [0.15, 0.2) is 53.2 Å². The number of aromatic nitrogens is 3. The SMILES string of the molecule is NCC1(Cc2nc(-c3cccnc3Oc3ccccc3)no2)CCCCC1. The van der Waals surface area contributed by atoms with Crippen LogP contribution >= 0.6 is 0 Å². The lowest BCUT2D eigenvalue weighted by atomic mass is 9.72. The second kappa shape index (κ2) is 7.88. The van der Waals surface area contributed by atoms with Crippen LogP contribution in [0.25, 0.3) is 11.4 Å². The molecule has 3 aromatic rings. The van der Waals surface area contributed by atoms with Crippen LogP contribution in [0.4, 0.5) is 0 Å². The van der Waals surface area contributed by atoms with E-state index < -0.39 is 0 Å². The maximum absolute atomic E-state index is 6.09. The predicted molar refractivity (Wildman–Crippen MR) is 102 cm³/mol. The highest BCUT2D eigenvalue weighted by molar-refractivity contribution is 5.61. The molecule has 0 aliphatic heterocycles. The smallest absolute Gasteiger partial charge is 0.230 e. The van der Waals surface area contributed by atoms with Crippen molar-refractivity contribution >= 4 is 0 Å². The number of rotatable bonds is 6. The van der Waals surface area contributed by atoms with E-state index >= 15 is 0 Å². The molecule has 0 amide bonds. The van der Waals surface area contributed by atoms with Crippen LogP contribution in [0, 0.1) is 5.41 Å². The van der Waals surface area contributed by atoms with Crippen LogP contribution < -0.4 is 10.5 Å². The molecule has 6 nitrogen and oxygen atoms in total. The number of hydrogen-bond acceptors (Lipinski definition) is 6. The van der Waals surface area contributed by atoms with Crippen molar-refractivity contribution < 1.29 is 9.26 Å². The van der Waals surface area contributed by atoms with Crippen molar-refractivity contribution in [2.24, 2.45) is 11.1 Å². The summed E-state index contributed by atoms with van der Waals surface area (Å²) in [5.41, 5.74) is 6.89. The molecule has 1 aromatic carbocycles. The van der Waals surface area contributed by atoms with Gasteiger partial charge in [0.15, 0.2) is 0 Å². The van der Waals surface area contributed by atoms with Gasteiger partial charge in [-0.1, -0.05) is 42.6 Å². The van der Waals surface area contributed by atoms with Gasteiger partial charge in [0, 0.05) is 12.6 Å². The van der Waals surface area contributed by atoms with E-state index in [1.54, 1.807) is 6.20 Å². The molecule has 140 valence electrons. The molecule has 2 aromatic heterocycles. The van der Waals surface area contributed by atoms with Gasteiger partial charge in [-0.25, -0.2) is 4.98 Å². The molecule has 0 bridgehead atoms. The second-order valence-corrected chi connectivity index (χ2v) is 7.22. The monoisotopic (exact) mass is 364 g/mol. The highest BCUT2D eigenvalue weighted by atomic mass is 16.5. The van der Waals surface area contributed by atoms with Crippen molar-refractivity contribution in [3.63, 3.8) is 0 Å². The van der Waals surface area contributed by atoms with Crippen molar-refractivity contribution in [1.29, 1.82) is 0 Å². The van der Waals surface area contributed by atoms with Gasteiger partial charge in [-0.3, -0.25) is 0 Å². The summed E-state index contributed by atoms with van der Waals surface area (Å²) in [5, 5.41) is 4.17. The van der Waals surface area contributed by atoms with E-state index in [9.17, 15) is 0 Å². The Morgan fingerprint density at radius 1 is 1.04 bits per heavy atom. The van der Waals surface area contributed by atoms with Gasteiger partial charge >= 0.3 is 0 Å². The van der Waals surface area contributed by atoms with E-state index in [0.29, 0.717) is 35.5 Å². The van der Waals surface area contributed by atoms with E-state index in [-0.39, 0.29) is 5.41 Å². The molecule has 4 rings (SSSR count). The molecule has 1 saturated carbocycles. The maximum atomic E-state index is 6.09. The summed E-state index contributed by atoms with van der Waals surface area (Å²) in [5.74, 6) is 2.30. The minimum absolute atomic E-state index is 0.0837. The number of ether oxygens (including phenoxy) is 1. The van der Waals surface area contributed by atoms with Gasteiger partial charge in [-0.15, -0.1) is 0 Å². The van der Waals surface area contributed by atoms with Crippen LogP contribution in [-0.4, -0.2) is 21.7 Å². The Hall–Kier alpha value is -2.73. The molecule has 2 N–H and O–H groups in total. The fourth-order valence-corrected chi connectivity index (χ4v) is 3.75. The van der Waals surface area contributed by atoms with Crippen LogP contribution in [0.3, 0.4) is 0 Å². The highest BCUT2D eigenvalue weighted by Crippen LogP contribution is 2.38. The molecular weight excluding hydrogens is 340 g/mol. The van der Waals surface area contributed by atoms with Crippen LogP contribution in [-0.2, 0) is 6.42 Å². The van der Waals surface area contributed by atoms with Crippen LogP contribution in [0.1, 0.15) is 38.0 Å². The van der Waals surface area contributed by atoms with Gasteiger partial charge < -0.3 is 15.0 Å². The topological polar surface area (TPSA) is 87.1 Å². The fourth-order valence-electron chi connectivity index (χ4n) is 3.75. The number of nitrogens with two attached hydrogens (primary N) is 1. The Balaban J connectivity index is 1.56. The van der Waals surface area contributed by atoms with Crippen molar-refractivity contribution in [3.8, 4) is 23.0 Å². The van der Waals surface area contributed by atoms with Gasteiger partial charge in [0.1, 0.15) is 5.75 Å². The first-order chi connectivity index (χ1) is 13.3. The minimum atomic E-state index is 0.0837. The van der Waals surface area contributed by atoms with Crippen LogP contribution in [0.2, 0.25) is 0 Å². The average Bonchev–Trinajstić information content (AvgIpc) is 3.18. The normalized spacial score (nSPS) is 16.2. The largest absolute Gasteiger partial charge is 0.438 e. The first kappa shape index (κ1) is 17.7. The number of hydrogen-bond donors (Lipinski definition) is 1. The zero-order valence-electron chi connectivity index (χ0n) is 15.3. The summed E-state index contributed by atoms with van der Waals surface area (Å²) < 4.78 is 11.5. The minimum Gasteiger partial charge on any atom is -0.438 e. The number of benzene rings is 1. The van der Waals surface area contributed by atoms with Crippen LogP contribution in [0.5, 0.6) is 11.6 Å². The summed E-state index contributed by atoms with van der Waals surface area (Å²) in [6.07, 6.45) is 8.38. The van der Waals surface area contributed by atoms with Crippen molar-refractivity contribution in [2.45, 2.75) is 38.5 Å².